The van der Waals surface area contributed by atoms with E-state index in [2.05, 4.69) is 25.0 Å². The number of thioether (sulfide) groups is 1. The van der Waals surface area contributed by atoms with Crippen LogP contribution in [0.25, 0.3) is 0 Å². The molecule has 1 saturated heterocycles. The summed E-state index contributed by atoms with van der Waals surface area (Å²) in [6, 6.07) is -0.957. The summed E-state index contributed by atoms with van der Waals surface area (Å²) in [5, 5.41) is 16.7. The van der Waals surface area contributed by atoms with Gasteiger partial charge < -0.3 is 25.7 Å². The fourth-order valence-corrected chi connectivity index (χ4v) is 4.65. The second kappa shape index (κ2) is 8.48. The lowest BCUT2D eigenvalue weighted by atomic mass is 10.0. The predicted molar refractivity (Wildman–Crippen MR) is 101 cm³/mol. The van der Waals surface area contributed by atoms with Gasteiger partial charge in [-0.25, -0.2) is 14.6 Å². The molecule has 3 rings (SSSR count). The number of nitrogens with one attached hydrogen (secondary N) is 1. The van der Waals surface area contributed by atoms with E-state index in [0.29, 0.717) is 0 Å². The smallest absolute Gasteiger partial charge is 0.404 e. The summed E-state index contributed by atoms with van der Waals surface area (Å²) in [7, 11) is 1.27. The van der Waals surface area contributed by atoms with Gasteiger partial charge in [0.2, 0.25) is 0 Å². The van der Waals surface area contributed by atoms with E-state index in [1.807, 2.05) is 0 Å². The standard InChI is InChI=1S/C15H15N5O7S2/c1-26-19-8(7-4-28-5-17-7)11(21)18-9-12(22)20-10(14(23)24)6(2-27-15(16)25)3-29-13(9)20/h4-5,9,13H,2-3H2,1H3,(H2,16,25)(H,18,21)(H,23,24)/b19-8+/t9?,13-/m1/s1. The quantitative estimate of drug-likeness (QED) is 0.281. The lowest BCUT2D eigenvalue weighted by Crippen LogP contribution is -2.71. The third-order valence-corrected chi connectivity index (χ3v) is 5.92. The number of oxime groups is 1. The summed E-state index contributed by atoms with van der Waals surface area (Å²) < 4.78 is 4.66. The summed E-state index contributed by atoms with van der Waals surface area (Å²) >= 11 is 2.48. The number of carboxylic acid groups (broad SMARTS) is 1. The van der Waals surface area contributed by atoms with Gasteiger partial charge in [-0.05, 0) is 0 Å². The molecule has 154 valence electrons. The number of hydrogen-bond acceptors (Lipinski definition) is 10. The predicted octanol–water partition coefficient (Wildman–Crippen LogP) is -0.672. The average Bonchev–Trinajstić information content (AvgIpc) is 3.21. The Bertz CT molecular complexity index is 914. The van der Waals surface area contributed by atoms with Gasteiger partial charge in [0.25, 0.3) is 11.8 Å². The number of ether oxygens (including phenoxy) is 1. The Labute approximate surface area is 171 Å². The number of nitrogens with two attached hydrogens (primary N) is 1. The third-order valence-electron chi connectivity index (χ3n) is 4.00. The summed E-state index contributed by atoms with van der Waals surface area (Å²) in [4.78, 5) is 57.3. The average molecular weight is 441 g/mol. The molecule has 2 atom stereocenters. The Kier molecular flexibility index (Phi) is 6.03. The molecule has 0 aliphatic carbocycles. The van der Waals surface area contributed by atoms with Gasteiger partial charge in [0.05, 0.1) is 5.51 Å². The molecule has 3 heterocycles. The third kappa shape index (κ3) is 4.02. The Morgan fingerprint density at radius 1 is 1.48 bits per heavy atom. The largest absolute Gasteiger partial charge is 0.477 e. The molecule has 14 heteroatoms. The van der Waals surface area contributed by atoms with E-state index in [4.69, 9.17) is 5.73 Å². The van der Waals surface area contributed by atoms with Crippen molar-refractivity contribution in [2.24, 2.45) is 10.9 Å². The van der Waals surface area contributed by atoms with E-state index in [1.54, 1.807) is 5.38 Å². The monoisotopic (exact) mass is 441 g/mol. The maximum Gasteiger partial charge on any atom is 0.404 e. The van der Waals surface area contributed by atoms with Crippen molar-refractivity contribution in [2.75, 3.05) is 19.5 Å². The van der Waals surface area contributed by atoms with Crippen molar-refractivity contribution in [3.8, 4) is 0 Å². The van der Waals surface area contributed by atoms with Gasteiger partial charge >= 0.3 is 12.1 Å². The Balaban J connectivity index is 1.77. The number of amides is 3. The Hall–Kier alpha value is -3.13. The number of carbonyl (C=O) groups excluding carboxylic acids is 3. The summed E-state index contributed by atoms with van der Waals surface area (Å²) in [6.45, 7) is -0.341. The van der Waals surface area contributed by atoms with Crippen LogP contribution < -0.4 is 11.1 Å². The normalized spacial score (nSPS) is 21.2. The number of rotatable bonds is 7. The number of aromatic nitrogens is 1. The van der Waals surface area contributed by atoms with E-state index in [0.717, 1.165) is 4.90 Å². The zero-order chi connectivity index (χ0) is 21.1. The first-order valence-electron chi connectivity index (χ1n) is 7.98. The van der Waals surface area contributed by atoms with Gasteiger partial charge in [-0.15, -0.1) is 23.1 Å². The topological polar surface area (TPSA) is 174 Å². The fourth-order valence-electron chi connectivity index (χ4n) is 2.79. The molecule has 0 radical (unpaired) electrons. The summed E-state index contributed by atoms with van der Waals surface area (Å²) in [5.74, 6) is -2.46. The maximum atomic E-state index is 12.6. The second-order valence-corrected chi connectivity index (χ2v) is 7.55. The van der Waals surface area contributed by atoms with Crippen LogP contribution in [0.2, 0.25) is 0 Å². The van der Waals surface area contributed by atoms with Crippen molar-refractivity contribution in [2.45, 2.75) is 11.4 Å². The van der Waals surface area contributed by atoms with Crippen LogP contribution in [-0.4, -0.2) is 75.5 Å². The molecular weight excluding hydrogens is 426 g/mol. The molecule has 1 unspecified atom stereocenters. The summed E-state index contributed by atoms with van der Waals surface area (Å²) in [6.07, 6.45) is -1.05. The molecule has 1 aromatic rings. The number of hydrogen-bond donors (Lipinski definition) is 3. The maximum absolute atomic E-state index is 12.6. The van der Waals surface area contributed by atoms with Crippen LogP contribution in [0.5, 0.6) is 0 Å². The molecule has 0 bridgehead atoms. The molecule has 0 saturated carbocycles. The van der Waals surface area contributed by atoms with Crippen molar-refractivity contribution in [3.63, 3.8) is 0 Å². The number of β-lactam (4-membered cyclic amide) rings is 1. The Morgan fingerprint density at radius 2 is 2.24 bits per heavy atom. The number of carboxylic acids is 1. The molecule has 2 aliphatic heterocycles. The van der Waals surface area contributed by atoms with Gasteiger partial charge in [-0.2, -0.15) is 0 Å². The van der Waals surface area contributed by atoms with Gasteiger partial charge in [-0.3, -0.25) is 14.5 Å². The van der Waals surface area contributed by atoms with Gasteiger partial charge in [0.1, 0.15) is 36.5 Å². The highest BCUT2D eigenvalue weighted by Crippen LogP contribution is 2.40. The molecule has 1 fully saturated rings. The first kappa shape index (κ1) is 20.6. The molecule has 2 aliphatic rings. The molecule has 29 heavy (non-hydrogen) atoms. The highest BCUT2D eigenvalue weighted by molar-refractivity contribution is 8.00. The number of fused-ring (bicyclic) bond motifs is 1. The first-order valence-corrected chi connectivity index (χ1v) is 9.97. The van der Waals surface area contributed by atoms with Gasteiger partial charge in [-0.1, -0.05) is 5.16 Å². The molecule has 0 aromatic carbocycles. The minimum Gasteiger partial charge on any atom is -0.477 e. The molecule has 0 spiro atoms. The second-order valence-electron chi connectivity index (χ2n) is 5.72. The highest BCUT2D eigenvalue weighted by Gasteiger charge is 2.54. The summed E-state index contributed by atoms with van der Waals surface area (Å²) in [5.41, 5.74) is 6.56. The molecule has 12 nitrogen and oxygen atoms in total. The lowest BCUT2D eigenvalue weighted by molar-refractivity contribution is -0.150. The van der Waals surface area contributed by atoms with Crippen molar-refractivity contribution in [3.05, 3.63) is 27.9 Å². The van der Waals surface area contributed by atoms with Gasteiger partial charge in [0, 0.05) is 16.7 Å². The van der Waals surface area contributed by atoms with E-state index in [-0.39, 0.29) is 35.0 Å². The molecule has 4 N–H and O–H groups in total. The minimum absolute atomic E-state index is 0.106. The highest BCUT2D eigenvalue weighted by atomic mass is 32.2. The number of carbonyl (C=O) groups is 4. The lowest BCUT2D eigenvalue weighted by Gasteiger charge is -2.49. The SMILES string of the molecule is CO/N=C(/C(=O)NC1C(=O)N2C(C(=O)O)=C(COC(N)=O)CS[C@H]12)c1cscn1. The van der Waals surface area contributed by atoms with Crippen molar-refractivity contribution >= 4 is 52.7 Å². The first-order chi connectivity index (χ1) is 13.8. The van der Waals surface area contributed by atoms with Crippen LogP contribution in [0.1, 0.15) is 5.69 Å². The number of thiazole rings is 1. The number of primary amides is 1. The molecule has 1 aromatic heterocycles. The fraction of sp³-hybridized carbons (Fsp3) is 0.333. The van der Waals surface area contributed by atoms with E-state index < -0.39 is 35.3 Å². The van der Waals surface area contributed by atoms with Crippen LogP contribution in [0.3, 0.4) is 0 Å². The van der Waals surface area contributed by atoms with Crippen molar-refractivity contribution in [1.82, 2.24) is 15.2 Å². The van der Waals surface area contributed by atoms with Crippen molar-refractivity contribution < 1.29 is 33.9 Å². The van der Waals surface area contributed by atoms with Crippen LogP contribution in [0.4, 0.5) is 4.79 Å². The minimum atomic E-state index is -1.35. The number of nitrogens with zero attached hydrogens (tertiary/aromatic N) is 3. The molecular formula is C15H15N5O7S2. The van der Waals surface area contributed by atoms with Crippen LogP contribution in [0.15, 0.2) is 27.3 Å². The zero-order valence-corrected chi connectivity index (χ0v) is 16.5. The van der Waals surface area contributed by atoms with Crippen molar-refractivity contribution in [1.29, 1.82) is 0 Å². The zero-order valence-electron chi connectivity index (χ0n) is 14.9. The van der Waals surface area contributed by atoms with Crippen LogP contribution in [-0.2, 0) is 24.0 Å². The van der Waals surface area contributed by atoms with E-state index >= 15 is 0 Å². The Morgan fingerprint density at radius 3 is 2.83 bits per heavy atom. The van der Waals surface area contributed by atoms with E-state index in [9.17, 15) is 24.3 Å². The van der Waals surface area contributed by atoms with Crippen LogP contribution in [0, 0.1) is 0 Å². The van der Waals surface area contributed by atoms with Gasteiger partial charge in [0.15, 0.2) is 5.71 Å². The van der Waals surface area contributed by atoms with Crippen LogP contribution >= 0.6 is 23.1 Å². The van der Waals surface area contributed by atoms with E-state index in [1.165, 1.54) is 35.7 Å². The molecule has 3 amide bonds. The number of aliphatic carboxylic acids is 1.